The van der Waals surface area contributed by atoms with Gasteiger partial charge in [-0.1, -0.05) is 0 Å². The topological polar surface area (TPSA) is 46.5 Å². The van der Waals surface area contributed by atoms with Gasteiger partial charge in [0.05, 0.1) is 12.0 Å². The van der Waals surface area contributed by atoms with Crippen LogP contribution >= 0.6 is 0 Å². The minimum Gasteiger partial charge on any atom is -0.481 e. The highest BCUT2D eigenvalue weighted by molar-refractivity contribution is 5.74. The Hall–Kier alpha value is -0.570. The van der Waals surface area contributed by atoms with Gasteiger partial charge in [0.1, 0.15) is 0 Å². The lowest BCUT2D eigenvalue weighted by Crippen LogP contribution is -2.26. The first-order chi connectivity index (χ1) is 5.64. The van der Waals surface area contributed by atoms with Crippen molar-refractivity contribution in [3.05, 3.63) is 0 Å². The van der Waals surface area contributed by atoms with Crippen LogP contribution in [0.25, 0.3) is 0 Å². The number of carbonyl (C=O) groups is 1. The minimum atomic E-state index is -0.621. The van der Waals surface area contributed by atoms with Crippen LogP contribution in [0.2, 0.25) is 0 Å². The van der Waals surface area contributed by atoms with Crippen LogP contribution in [0.5, 0.6) is 0 Å². The molecule has 0 unspecified atom stereocenters. The molecule has 0 aromatic rings. The van der Waals surface area contributed by atoms with E-state index in [1.165, 1.54) is 0 Å². The molecule has 3 heteroatoms. The first-order valence-electron chi connectivity index (χ1n) is 4.48. The van der Waals surface area contributed by atoms with Crippen molar-refractivity contribution in [2.24, 2.45) is 11.3 Å². The van der Waals surface area contributed by atoms with Gasteiger partial charge in [-0.3, -0.25) is 4.79 Å². The van der Waals surface area contributed by atoms with Crippen molar-refractivity contribution in [1.29, 1.82) is 0 Å². The number of ether oxygens (including phenoxy) is 1. The molecule has 1 spiro atoms. The van der Waals surface area contributed by atoms with E-state index in [9.17, 15) is 4.79 Å². The molecule has 68 valence electrons. The fourth-order valence-corrected chi connectivity index (χ4v) is 2.40. The van der Waals surface area contributed by atoms with E-state index in [1.807, 2.05) is 6.92 Å². The van der Waals surface area contributed by atoms with Crippen LogP contribution in [0.15, 0.2) is 0 Å². The number of carboxylic acids is 1. The van der Waals surface area contributed by atoms with Crippen LogP contribution in [0.1, 0.15) is 26.2 Å². The lowest BCUT2D eigenvalue weighted by molar-refractivity contribution is -0.140. The Morgan fingerprint density at radius 3 is 2.83 bits per heavy atom. The summed E-state index contributed by atoms with van der Waals surface area (Å²) < 4.78 is 5.39. The number of hydrogen-bond donors (Lipinski definition) is 1. The fourth-order valence-electron chi connectivity index (χ4n) is 2.40. The molecule has 1 aliphatic heterocycles. The Morgan fingerprint density at radius 1 is 1.58 bits per heavy atom. The zero-order chi connectivity index (χ0) is 8.77. The Kier molecular flexibility index (Phi) is 1.65. The van der Waals surface area contributed by atoms with E-state index in [1.54, 1.807) is 0 Å². The summed E-state index contributed by atoms with van der Waals surface area (Å²) in [5.41, 5.74) is 0.115. The lowest BCUT2D eigenvalue weighted by Gasteiger charge is -2.27. The summed E-state index contributed by atoms with van der Waals surface area (Å²) in [5, 5.41) is 8.82. The number of rotatable bonds is 1. The average Bonchev–Trinajstić information content (AvgIpc) is 2.63. The third kappa shape index (κ3) is 1.12. The van der Waals surface area contributed by atoms with Gasteiger partial charge in [0.15, 0.2) is 0 Å². The summed E-state index contributed by atoms with van der Waals surface area (Å²) in [4.78, 5) is 10.7. The SMILES string of the molecule is C[C@@H]1C[C@]2(CCO1)C[C@@H]2C(=O)O. The zero-order valence-electron chi connectivity index (χ0n) is 7.25. The van der Waals surface area contributed by atoms with Crippen molar-refractivity contribution in [2.75, 3.05) is 6.61 Å². The van der Waals surface area contributed by atoms with Gasteiger partial charge in [0, 0.05) is 6.61 Å². The highest BCUT2D eigenvalue weighted by Crippen LogP contribution is 2.60. The van der Waals surface area contributed by atoms with Crippen LogP contribution in [0, 0.1) is 11.3 Å². The predicted molar refractivity (Wildman–Crippen MR) is 42.8 cm³/mol. The Balaban J connectivity index is 2.01. The molecule has 1 aliphatic carbocycles. The summed E-state index contributed by atoms with van der Waals surface area (Å²) in [6, 6.07) is 0. The van der Waals surface area contributed by atoms with E-state index in [4.69, 9.17) is 9.84 Å². The normalized spacial score (nSPS) is 46.1. The Labute approximate surface area is 71.7 Å². The van der Waals surface area contributed by atoms with E-state index < -0.39 is 5.97 Å². The molecule has 3 atom stereocenters. The first-order valence-corrected chi connectivity index (χ1v) is 4.48. The summed E-state index contributed by atoms with van der Waals surface area (Å²) in [5.74, 6) is -0.701. The maximum atomic E-state index is 10.7. The third-order valence-electron chi connectivity index (χ3n) is 3.18. The average molecular weight is 170 g/mol. The summed E-state index contributed by atoms with van der Waals surface area (Å²) in [7, 11) is 0. The largest absolute Gasteiger partial charge is 0.481 e. The predicted octanol–water partition coefficient (Wildman–Crippen LogP) is 1.28. The second-order valence-corrected chi connectivity index (χ2v) is 4.09. The van der Waals surface area contributed by atoms with Gasteiger partial charge < -0.3 is 9.84 Å². The number of aliphatic carboxylic acids is 1. The maximum absolute atomic E-state index is 10.7. The van der Waals surface area contributed by atoms with E-state index >= 15 is 0 Å². The highest BCUT2D eigenvalue weighted by Gasteiger charge is 2.59. The highest BCUT2D eigenvalue weighted by atomic mass is 16.5. The van der Waals surface area contributed by atoms with Crippen LogP contribution in [-0.4, -0.2) is 23.8 Å². The summed E-state index contributed by atoms with van der Waals surface area (Å²) in [6.45, 7) is 2.77. The van der Waals surface area contributed by atoms with Crippen LogP contribution < -0.4 is 0 Å². The molecule has 0 radical (unpaired) electrons. The molecule has 12 heavy (non-hydrogen) atoms. The fraction of sp³-hybridized carbons (Fsp3) is 0.889. The third-order valence-corrected chi connectivity index (χ3v) is 3.18. The standard InChI is InChI=1S/C9H14O3/c1-6-4-9(2-3-12-6)5-7(9)8(10)11/h6-7H,2-5H2,1H3,(H,10,11)/t6-,7-,9-/m1/s1. The molecule has 0 aromatic heterocycles. The van der Waals surface area contributed by atoms with E-state index in [0.29, 0.717) is 0 Å². The van der Waals surface area contributed by atoms with Gasteiger partial charge in [0.2, 0.25) is 0 Å². The van der Waals surface area contributed by atoms with E-state index in [-0.39, 0.29) is 17.4 Å². The molecule has 0 aromatic carbocycles. The van der Waals surface area contributed by atoms with Crippen molar-refractivity contribution in [3.8, 4) is 0 Å². The molecule has 0 bridgehead atoms. The van der Waals surface area contributed by atoms with Gasteiger partial charge in [-0.2, -0.15) is 0 Å². The Bertz CT molecular complexity index is 214. The molecule has 1 saturated carbocycles. The van der Waals surface area contributed by atoms with Crippen molar-refractivity contribution in [1.82, 2.24) is 0 Å². The van der Waals surface area contributed by atoms with E-state index in [2.05, 4.69) is 0 Å². The minimum absolute atomic E-state index is 0.0798. The molecule has 1 saturated heterocycles. The quantitative estimate of drug-likeness (QED) is 0.644. The van der Waals surface area contributed by atoms with Crippen LogP contribution in [-0.2, 0) is 9.53 Å². The second-order valence-electron chi connectivity index (χ2n) is 4.09. The molecule has 1 N–H and O–H groups in total. The van der Waals surface area contributed by atoms with Crippen molar-refractivity contribution in [3.63, 3.8) is 0 Å². The van der Waals surface area contributed by atoms with Crippen molar-refractivity contribution in [2.45, 2.75) is 32.3 Å². The number of carboxylic acid groups (broad SMARTS) is 1. The molecular weight excluding hydrogens is 156 g/mol. The number of hydrogen-bond acceptors (Lipinski definition) is 2. The summed E-state index contributed by atoms with van der Waals surface area (Å²) >= 11 is 0. The molecule has 3 nitrogen and oxygen atoms in total. The molecule has 2 aliphatic rings. The Morgan fingerprint density at radius 2 is 2.33 bits per heavy atom. The van der Waals surface area contributed by atoms with Gasteiger partial charge in [-0.25, -0.2) is 0 Å². The maximum Gasteiger partial charge on any atom is 0.307 e. The van der Waals surface area contributed by atoms with E-state index in [0.717, 1.165) is 25.9 Å². The molecular formula is C9H14O3. The van der Waals surface area contributed by atoms with Gasteiger partial charge >= 0.3 is 5.97 Å². The zero-order valence-corrected chi connectivity index (χ0v) is 7.25. The first kappa shape index (κ1) is 8.05. The second kappa shape index (κ2) is 2.46. The molecule has 2 rings (SSSR count). The van der Waals surface area contributed by atoms with Crippen LogP contribution in [0.4, 0.5) is 0 Å². The van der Waals surface area contributed by atoms with Crippen molar-refractivity contribution < 1.29 is 14.6 Å². The van der Waals surface area contributed by atoms with Gasteiger partial charge in [-0.15, -0.1) is 0 Å². The smallest absolute Gasteiger partial charge is 0.307 e. The van der Waals surface area contributed by atoms with Crippen LogP contribution in [0.3, 0.4) is 0 Å². The lowest BCUT2D eigenvalue weighted by atomic mass is 9.90. The van der Waals surface area contributed by atoms with Crippen molar-refractivity contribution >= 4 is 5.97 Å². The molecule has 0 amide bonds. The molecule has 1 heterocycles. The summed E-state index contributed by atoms with van der Waals surface area (Å²) in [6.07, 6.45) is 3.00. The van der Waals surface area contributed by atoms with Gasteiger partial charge in [-0.05, 0) is 31.6 Å². The molecule has 2 fully saturated rings. The van der Waals surface area contributed by atoms with Gasteiger partial charge in [0.25, 0.3) is 0 Å². The monoisotopic (exact) mass is 170 g/mol.